The van der Waals surface area contributed by atoms with Gasteiger partial charge in [-0.1, -0.05) is 13.0 Å². The number of rotatable bonds is 3. The lowest BCUT2D eigenvalue weighted by atomic mass is 9.93. The molecule has 1 saturated heterocycles. The van der Waals surface area contributed by atoms with E-state index in [1.165, 1.54) is 0 Å². The normalized spacial score (nSPS) is 21.9. The molecule has 4 nitrogen and oxygen atoms in total. The number of carbonyl (C=O) groups excluding carboxylic acids is 1. The first-order valence-corrected chi connectivity index (χ1v) is 6.68. The van der Waals surface area contributed by atoms with E-state index < -0.39 is 5.54 Å². The average molecular weight is 257 g/mol. The number of hydrogen-bond donors (Lipinski definition) is 2. The highest BCUT2D eigenvalue weighted by atomic mass is 16.2. The highest BCUT2D eigenvalue weighted by Crippen LogP contribution is 2.26. The van der Waals surface area contributed by atoms with E-state index in [-0.39, 0.29) is 5.91 Å². The molecular weight excluding hydrogens is 238 g/mol. The van der Waals surface area contributed by atoms with Crippen LogP contribution in [0.5, 0.6) is 0 Å². The number of hydrogen-bond acceptors (Lipinski definition) is 3. The van der Waals surface area contributed by atoms with Crippen molar-refractivity contribution in [3.8, 4) is 6.07 Å². The van der Waals surface area contributed by atoms with Gasteiger partial charge >= 0.3 is 0 Å². The van der Waals surface area contributed by atoms with Gasteiger partial charge in [0.2, 0.25) is 5.91 Å². The number of amides is 1. The Morgan fingerprint density at radius 3 is 2.95 bits per heavy atom. The van der Waals surface area contributed by atoms with Crippen molar-refractivity contribution in [3.05, 3.63) is 29.3 Å². The molecule has 1 aliphatic rings. The van der Waals surface area contributed by atoms with Crippen LogP contribution in [0.1, 0.15) is 37.3 Å². The van der Waals surface area contributed by atoms with Crippen molar-refractivity contribution in [2.45, 2.75) is 38.6 Å². The second-order valence-electron chi connectivity index (χ2n) is 5.06. The van der Waals surface area contributed by atoms with Gasteiger partial charge in [-0.3, -0.25) is 4.79 Å². The van der Waals surface area contributed by atoms with Gasteiger partial charge in [0.25, 0.3) is 0 Å². The van der Waals surface area contributed by atoms with Gasteiger partial charge in [0.1, 0.15) is 0 Å². The maximum atomic E-state index is 12.5. The zero-order chi connectivity index (χ0) is 13.9. The molecule has 0 aliphatic carbocycles. The Balaban J connectivity index is 2.21. The van der Waals surface area contributed by atoms with Crippen LogP contribution in [0.3, 0.4) is 0 Å². The summed E-state index contributed by atoms with van der Waals surface area (Å²) in [6.07, 6.45) is 2.67. The molecule has 4 heteroatoms. The highest BCUT2D eigenvalue weighted by Gasteiger charge is 2.39. The van der Waals surface area contributed by atoms with Gasteiger partial charge < -0.3 is 10.6 Å². The summed E-state index contributed by atoms with van der Waals surface area (Å²) < 4.78 is 0. The molecule has 0 aromatic heterocycles. The van der Waals surface area contributed by atoms with Crippen LogP contribution >= 0.6 is 0 Å². The quantitative estimate of drug-likeness (QED) is 0.873. The summed E-state index contributed by atoms with van der Waals surface area (Å²) in [6, 6.07) is 7.44. The number of anilines is 1. The Morgan fingerprint density at radius 1 is 1.58 bits per heavy atom. The summed E-state index contributed by atoms with van der Waals surface area (Å²) in [6.45, 7) is 4.84. The number of nitrogens with one attached hydrogen (secondary N) is 2. The van der Waals surface area contributed by atoms with Gasteiger partial charge in [-0.25, -0.2) is 0 Å². The molecule has 1 amide bonds. The molecule has 0 spiro atoms. The van der Waals surface area contributed by atoms with Crippen LogP contribution in [0, 0.1) is 18.3 Å². The van der Waals surface area contributed by atoms with E-state index in [1.54, 1.807) is 12.1 Å². The van der Waals surface area contributed by atoms with Gasteiger partial charge in [0.15, 0.2) is 0 Å². The van der Waals surface area contributed by atoms with Crippen molar-refractivity contribution < 1.29 is 4.79 Å². The third kappa shape index (κ3) is 2.61. The monoisotopic (exact) mass is 257 g/mol. The molecule has 1 heterocycles. The van der Waals surface area contributed by atoms with Gasteiger partial charge in [0, 0.05) is 5.69 Å². The van der Waals surface area contributed by atoms with Crippen LogP contribution < -0.4 is 10.6 Å². The predicted molar refractivity (Wildman–Crippen MR) is 74.8 cm³/mol. The van der Waals surface area contributed by atoms with E-state index >= 15 is 0 Å². The second-order valence-corrected chi connectivity index (χ2v) is 5.06. The largest absolute Gasteiger partial charge is 0.324 e. The lowest BCUT2D eigenvalue weighted by molar-refractivity contribution is -0.122. The van der Waals surface area contributed by atoms with E-state index in [0.717, 1.165) is 37.1 Å². The van der Waals surface area contributed by atoms with Crippen LogP contribution in [0.25, 0.3) is 0 Å². The van der Waals surface area contributed by atoms with E-state index in [4.69, 9.17) is 5.26 Å². The first-order chi connectivity index (χ1) is 9.11. The van der Waals surface area contributed by atoms with Crippen molar-refractivity contribution in [1.29, 1.82) is 5.26 Å². The van der Waals surface area contributed by atoms with Gasteiger partial charge in [-0.2, -0.15) is 5.26 Å². The summed E-state index contributed by atoms with van der Waals surface area (Å²) in [4.78, 5) is 12.5. The van der Waals surface area contributed by atoms with E-state index in [0.29, 0.717) is 5.56 Å². The third-order valence-electron chi connectivity index (χ3n) is 3.90. The second kappa shape index (κ2) is 5.41. The molecule has 1 atom stereocenters. The van der Waals surface area contributed by atoms with Crippen molar-refractivity contribution in [3.63, 3.8) is 0 Å². The molecule has 1 fully saturated rings. The van der Waals surface area contributed by atoms with E-state index in [2.05, 4.69) is 16.7 Å². The van der Waals surface area contributed by atoms with E-state index in [1.807, 2.05) is 19.9 Å². The minimum Gasteiger partial charge on any atom is -0.324 e. The smallest absolute Gasteiger partial charge is 0.244 e. The SMILES string of the molecule is CCC1(C(=O)Nc2cc(C#N)ccc2C)CCCN1. The van der Waals surface area contributed by atoms with Crippen LogP contribution in [0.4, 0.5) is 5.69 Å². The summed E-state index contributed by atoms with van der Waals surface area (Å²) in [5, 5.41) is 15.2. The van der Waals surface area contributed by atoms with Crippen LogP contribution in [-0.4, -0.2) is 18.0 Å². The third-order valence-corrected chi connectivity index (χ3v) is 3.90. The summed E-state index contributed by atoms with van der Waals surface area (Å²) in [7, 11) is 0. The lowest BCUT2D eigenvalue weighted by Crippen LogP contribution is -2.50. The number of benzene rings is 1. The fourth-order valence-electron chi connectivity index (χ4n) is 2.53. The van der Waals surface area contributed by atoms with E-state index in [9.17, 15) is 4.79 Å². The molecule has 1 aromatic rings. The molecule has 19 heavy (non-hydrogen) atoms. The summed E-state index contributed by atoms with van der Waals surface area (Å²) in [5.74, 6) is 0.00527. The van der Waals surface area contributed by atoms with Crippen molar-refractivity contribution in [2.24, 2.45) is 0 Å². The number of nitrogens with zero attached hydrogens (tertiary/aromatic N) is 1. The first-order valence-electron chi connectivity index (χ1n) is 6.68. The standard InChI is InChI=1S/C15H19N3O/c1-3-15(7-4-8-17-15)14(19)18-13-9-12(10-16)6-5-11(13)2/h5-6,9,17H,3-4,7-8H2,1-2H3,(H,18,19). The predicted octanol–water partition coefficient (Wildman–Crippen LogP) is 2.34. The van der Waals surface area contributed by atoms with Crippen molar-refractivity contribution in [2.75, 3.05) is 11.9 Å². The van der Waals surface area contributed by atoms with Gasteiger partial charge in [0.05, 0.1) is 17.2 Å². The minimum absolute atomic E-state index is 0.00527. The fraction of sp³-hybridized carbons (Fsp3) is 0.467. The molecule has 2 rings (SSSR count). The Hall–Kier alpha value is -1.86. The van der Waals surface area contributed by atoms with Gasteiger partial charge in [-0.15, -0.1) is 0 Å². The Kier molecular flexibility index (Phi) is 3.87. The number of aryl methyl sites for hydroxylation is 1. The van der Waals surface area contributed by atoms with Crippen molar-refractivity contribution in [1.82, 2.24) is 5.32 Å². The maximum absolute atomic E-state index is 12.5. The molecule has 0 radical (unpaired) electrons. The zero-order valence-corrected chi connectivity index (χ0v) is 11.4. The highest BCUT2D eigenvalue weighted by molar-refractivity contribution is 5.99. The van der Waals surface area contributed by atoms with Crippen LogP contribution in [0.15, 0.2) is 18.2 Å². The molecule has 1 aliphatic heterocycles. The Bertz CT molecular complexity index is 525. The summed E-state index contributed by atoms with van der Waals surface area (Å²) >= 11 is 0. The molecule has 1 aromatic carbocycles. The Labute approximate surface area is 113 Å². The molecular formula is C15H19N3O. The topological polar surface area (TPSA) is 64.9 Å². The molecule has 1 unspecified atom stereocenters. The van der Waals surface area contributed by atoms with Crippen LogP contribution in [0.2, 0.25) is 0 Å². The Morgan fingerprint density at radius 2 is 2.37 bits per heavy atom. The van der Waals surface area contributed by atoms with Crippen molar-refractivity contribution >= 4 is 11.6 Å². The van der Waals surface area contributed by atoms with Gasteiger partial charge in [-0.05, 0) is 50.4 Å². The first kappa shape index (κ1) is 13.6. The minimum atomic E-state index is -0.449. The number of nitriles is 1. The summed E-state index contributed by atoms with van der Waals surface area (Å²) in [5.41, 5.74) is 1.81. The molecule has 0 bridgehead atoms. The average Bonchev–Trinajstić information content (AvgIpc) is 2.91. The maximum Gasteiger partial charge on any atom is 0.244 e. The molecule has 2 N–H and O–H groups in total. The fourth-order valence-corrected chi connectivity index (χ4v) is 2.53. The van der Waals surface area contributed by atoms with Crippen LogP contribution in [-0.2, 0) is 4.79 Å². The zero-order valence-electron chi connectivity index (χ0n) is 11.4. The number of carbonyl (C=O) groups is 1. The molecule has 100 valence electrons. The molecule has 0 saturated carbocycles. The lowest BCUT2D eigenvalue weighted by Gasteiger charge is -2.27.